The average molecular weight is 186 g/mol. The normalized spacial score (nSPS) is 14.8. The SMILES string of the molecule is C[C@H](CCCCCF)C(F)(F)F. The molecule has 0 aromatic heterocycles. The lowest BCUT2D eigenvalue weighted by Crippen LogP contribution is -2.19. The summed E-state index contributed by atoms with van der Waals surface area (Å²) < 4.78 is 47.2. The van der Waals surface area contributed by atoms with Crippen molar-refractivity contribution in [3.05, 3.63) is 0 Å². The van der Waals surface area contributed by atoms with Crippen molar-refractivity contribution in [2.75, 3.05) is 6.67 Å². The molecule has 0 fully saturated rings. The first kappa shape index (κ1) is 11.7. The Morgan fingerprint density at radius 2 is 1.67 bits per heavy atom. The monoisotopic (exact) mass is 186 g/mol. The summed E-state index contributed by atoms with van der Waals surface area (Å²) in [6, 6.07) is 0. The van der Waals surface area contributed by atoms with Gasteiger partial charge in [-0.2, -0.15) is 13.2 Å². The molecule has 0 amide bonds. The van der Waals surface area contributed by atoms with Crippen molar-refractivity contribution < 1.29 is 17.6 Å². The summed E-state index contributed by atoms with van der Waals surface area (Å²) in [7, 11) is 0. The zero-order chi connectivity index (χ0) is 9.61. The van der Waals surface area contributed by atoms with Crippen LogP contribution in [0.4, 0.5) is 17.6 Å². The Labute approximate surface area is 70.0 Å². The average Bonchev–Trinajstić information content (AvgIpc) is 1.96. The Hall–Kier alpha value is -0.280. The fraction of sp³-hybridized carbons (Fsp3) is 1.00. The predicted molar refractivity (Wildman–Crippen MR) is 39.7 cm³/mol. The maximum Gasteiger partial charge on any atom is 0.391 e. The summed E-state index contributed by atoms with van der Waals surface area (Å²) in [5, 5.41) is 0. The largest absolute Gasteiger partial charge is 0.391 e. The van der Waals surface area contributed by atoms with E-state index in [-0.39, 0.29) is 6.42 Å². The third kappa shape index (κ3) is 5.38. The van der Waals surface area contributed by atoms with Gasteiger partial charge in [0.25, 0.3) is 0 Å². The molecule has 0 saturated carbocycles. The van der Waals surface area contributed by atoms with Crippen LogP contribution in [0, 0.1) is 5.92 Å². The first-order valence-corrected chi connectivity index (χ1v) is 4.11. The molecule has 0 aliphatic heterocycles. The molecular weight excluding hydrogens is 172 g/mol. The van der Waals surface area contributed by atoms with Crippen molar-refractivity contribution >= 4 is 0 Å². The Morgan fingerprint density at radius 1 is 1.08 bits per heavy atom. The van der Waals surface area contributed by atoms with E-state index in [4.69, 9.17) is 0 Å². The zero-order valence-electron chi connectivity index (χ0n) is 7.12. The van der Waals surface area contributed by atoms with E-state index in [1.807, 2.05) is 0 Å². The summed E-state index contributed by atoms with van der Waals surface area (Å²) in [5.41, 5.74) is 0. The second-order valence-corrected chi connectivity index (χ2v) is 2.98. The number of unbranched alkanes of at least 4 members (excludes halogenated alkanes) is 2. The van der Waals surface area contributed by atoms with E-state index >= 15 is 0 Å². The first-order chi connectivity index (χ1) is 5.48. The van der Waals surface area contributed by atoms with E-state index in [9.17, 15) is 17.6 Å². The van der Waals surface area contributed by atoms with Gasteiger partial charge in [-0.1, -0.05) is 19.8 Å². The van der Waals surface area contributed by atoms with Crippen LogP contribution in [0.1, 0.15) is 32.6 Å². The maximum atomic E-state index is 11.9. The smallest absolute Gasteiger partial charge is 0.251 e. The van der Waals surface area contributed by atoms with Crippen LogP contribution in [0.2, 0.25) is 0 Å². The second kappa shape index (κ2) is 5.38. The van der Waals surface area contributed by atoms with Crippen LogP contribution < -0.4 is 0 Å². The predicted octanol–water partition coefficient (Wildman–Crippen LogP) is 3.71. The van der Waals surface area contributed by atoms with Crippen LogP contribution in [0.25, 0.3) is 0 Å². The molecule has 0 nitrogen and oxygen atoms in total. The second-order valence-electron chi connectivity index (χ2n) is 2.98. The number of halogens is 4. The lowest BCUT2D eigenvalue weighted by molar-refractivity contribution is -0.171. The van der Waals surface area contributed by atoms with Crippen molar-refractivity contribution in [2.45, 2.75) is 38.8 Å². The van der Waals surface area contributed by atoms with E-state index in [0.29, 0.717) is 19.3 Å². The maximum absolute atomic E-state index is 11.9. The molecule has 0 saturated heterocycles. The Bertz CT molecular complexity index is 108. The molecule has 0 spiro atoms. The Kier molecular flexibility index (Phi) is 5.25. The van der Waals surface area contributed by atoms with Gasteiger partial charge in [0.1, 0.15) is 0 Å². The van der Waals surface area contributed by atoms with Gasteiger partial charge in [0.05, 0.1) is 12.6 Å². The number of rotatable bonds is 5. The molecule has 0 N–H and O–H groups in total. The van der Waals surface area contributed by atoms with Crippen molar-refractivity contribution in [1.82, 2.24) is 0 Å². The van der Waals surface area contributed by atoms with E-state index in [0.717, 1.165) is 6.92 Å². The summed E-state index contributed by atoms with van der Waals surface area (Å²) in [6.45, 7) is 0.732. The van der Waals surface area contributed by atoms with Gasteiger partial charge in [0.2, 0.25) is 0 Å². The van der Waals surface area contributed by atoms with Crippen LogP contribution in [0.3, 0.4) is 0 Å². The van der Waals surface area contributed by atoms with Crippen LogP contribution >= 0.6 is 0 Å². The van der Waals surface area contributed by atoms with Crippen molar-refractivity contribution in [2.24, 2.45) is 5.92 Å². The van der Waals surface area contributed by atoms with Gasteiger partial charge in [0.15, 0.2) is 0 Å². The third-order valence-electron chi connectivity index (χ3n) is 1.83. The minimum Gasteiger partial charge on any atom is -0.251 e. The molecule has 0 aliphatic carbocycles. The Balaban J connectivity index is 3.38. The lowest BCUT2D eigenvalue weighted by Gasteiger charge is -2.14. The van der Waals surface area contributed by atoms with E-state index in [1.165, 1.54) is 0 Å². The summed E-state index contributed by atoms with van der Waals surface area (Å²) in [4.78, 5) is 0. The number of hydrogen-bond acceptors (Lipinski definition) is 0. The summed E-state index contributed by atoms with van der Waals surface area (Å²) >= 11 is 0. The molecule has 0 radical (unpaired) electrons. The van der Waals surface area contributed by atoms with E-state index < -0.39 is 18.8 Å². The van der Waals surface area contributed by atoms with Gasteiger partial charge in [-0.05, 0) is 12.8 Å². The molecule has 74 valence electrons. The highest BCUT2D eigenvalue weighted by atomic mass is 19.4. The van der Waals surface area contributed by atoms with Gasteiger partial charge >= 0.3 is 6.18 Å². The van der Waals surface area contributed by atoms with Gasteiger partial charge in [-0.25, -0.2) is 0 Å². The van der Waals surface area contributed by atoms with Crippen LogP contribution in [-0.2, 0) is 0 Å². The number of hydrogen-bond donors (Lipinski definition) is 0. The molecule has 0 unspecified atom stereocenters. The molecule has 0 aromatic rings. The highest BCUT2D eigenvalue weighted by molar-refractivity contribution is 4.61. The van der Waals surface area contributed by atoms with Crippen molar-refractivity contribution in [3.8, 4) is 0 Å². The van der Waals surface area contributed by atoms with Gasteiger partial charge in [0, 0.05) is 0 Å². The van der Waals surface area contributed by atoms with Gasteiger partial charge in [-0.15, -0.1) is 0 Å². The highest BCUT2D eigenvalue weighted by Gasteiger charge is 2.34. The molecule has 12 heavy (non-hydrogen) atoms. The summed E-state index contributed by atoms with van der Waals surface area (Å²) in [5.74, 6) is -1.25. The van der Waals surface area contributed by atoms with E-state index in [2.05, 4.69) is 0 Å². The van der Waals surface area contributed by atoms with Crippen LogP contribution in [-0.4, -0.2) is 12.9 Å². The molecule has 0 heterocycles. The molecule has 0 aromatic carbocycles. The van der Waals surface area contributed by atoms with E-state index in [1.54, 1.807) is 0 Å². The Morgan fingerprint density at radius 3 is 2.08 bits per heavy atom. The van der Waals surface area contributed by atoms with Gasteiger partial charge < -0.3 is 0 Å². The minimum absolute atomic E-state index is 0.115. The first-order valence-electron chi connectivity index (χ1n) is 4.11. The molecule has 0 rings (SSSR count). The molecule has 1 atom stereocenters. The fourth-order valence-electron chi connectivity index (χ4n) is 0.885. The standard InChI is InChI=1S/C8H14F4/c1-7(8(10,11)12)5-3-2-4-6-9/h7H,2-6H2,1H3/t7-/m1/s1. The van der Waals surface area contributed by atoms with Gasteiger partial charge in [-0.3, -0.25) is 4.39 Å². The van der Waals surface area contributed by atoms with Crippen LogP contribution in [0.5, 0.6) is 0 Å². The van der Waals surface area contributed by atoms with Crippen LogP contribution in [0.15, 0.2) is 0 Å². The summed E-state index contributed by atoms with van der Waals surface area (Å²) in [6.07, 6.45) is -2.58. The molecule has 0 bridgehead atoms. The highest BCUT2D eigenvalue weighted by Crippen LogP contribution is 2.29. The topological polar surface area (TPSA) is 0 Å². The molecule has 0 aliphatic rings. The third-order valence-corrected chi connectivity index (χ3v) is 1.83. The molecule has 4 heteroatoms. The minimum atomic E-state index is -4.09. The van der Waals surface area contributed by atoms with Crippen molar-refractivity contribution in [1.29, 1.82) is 0 Å². The zero-order valence-corrected chi connectivity index (χ0v) is 7.12. The quantitative estimate of drug-likeness (QED) is 0.453. The molecular formula is C8H14F4. The fourth-order valence-corrected chi connectivity index (χ4v) is 0.885. The van der Waals surface area contributed by atoms with Crippen molar-refractivity contribution in [3.63, 3.8) is 0 Å². The number of alkyl halides is 4. The lowest BCUT2D eigenvalue weighted by atomic mass is 10.0.